The van der Waals surface area contributed by atoms with Crippen molar-refractivity contribution >= 4 is 5.91 Å². The summed E-state index contributed by atoms with van der Waals surface area (Å²) in [5.41, 5.74) is 1.48. The zero-order valence-corrected chi connectivity index (χ0v) is 15.8. The lowest BCUT2D eigenvalue weighted by Gasteiger charge is -2.16. The quantitative estimate of drug-likeness (QED) is 0.679. The summed E-state index contributed by atoms with van der Waals surface area (Å²) in [4.78, 5) is 20.9. The average Bonchev–Trinajstić information content (AvgIpc) is 3.44. The Bertz CT molecular complexity index is 919. The Kier molecular flexibility index (Phi) is 5.21. The lowest BCUT2D eigenvalue weighted by atomic mass is 10.1. The lowest BCUT2D eigenvalue weighted by molar-refractivity contribution is 0.0873. The first-order chi connectivity index (χ1) is 13.6. The van der Waals surface area contributed by atoms with E-state index >= 15 is 0 Å². The van der Waals surface area contributed by atoms with E-state index in [1.165, 1.54) is 6.33 Å². The third-order valence-corrected chi connectivity index (χ3v) is 5.29. The molecule has 8 heteroatoms. The zero-order valence-electron chi connectivity index (χ0n) is 15.8. The maximum absolute atomic E-state index is 12.6. The van der Waals surface area contributed by atoms with Gasteiger partial charge in [-0.25, -0.2) is 14.6 Å². The van der Waals surface area contributed by atoms with E-state index in [9.17, 15) is 9.90 Å². The van der Waals surface area contributed by atoms with E-state index in [4.69, 9.17) is 0 Å². The van der Waals surface area contributed by atoms with E-state index in [0.717, 1.165) is 30.9 Å². The number of hydrogen-bond donors (Lipinski definition) is 2. The number of aryl methyl sites for hydroxylation is 1. The summed E-state index contributed by atoms with van der Waals surface area (Å²) < 4.78 is 3.82. The predicted molar refractivity (Wildman–Crippen MR) is 103 cm³/mol. The highest BCUT2D eigenvalue weighted by atomic mass is 16.3. The van der Waals surface area contributed by atoms with Crippen molar-refractivity contribution in [3.8, 4) is 11.4 Å². The Hall–Kier alpha value is -3.00. The standard InChI is InChI=1S/C20H24N6O2/c1-2-26-19(22-12-23-26)15-3-5-16(6-4-15)20(28)24-17-9-14(10-18(17)27)11-25-8-7-21-13-25/h3-8,12-14,17-18,27H,2,9-11H2,1H3,(H,24,28)/t14?,17-,18-/m1/s1. The number of aliphatic hydroxyl groups excluding tert-OH is 1. The molecule has 0 bridgehead atoms. The van der Waals surface area contributed by atoms with Crippen molar-refractivity contribution in [2.45, 2.75) is 45.0 Å². The van der Waals surface area contributed by atoms with Crippen LogP contribution in [-0.4, -0.2) is 47.5 Å². The summed E-state index contributed by atoms with van der Waals surface area (Å²) in [5.74, 6) is 0.927. The molecular formula is C20H24N6O2. The van der Waals surface area contributed by atoms with Gasteiger partial charge in [-0.3, -0.25) is 4.79 Å². The normalized spacial score (nSPS) is 21.7. The Morgan fingerprint density at radius 1 is 1.29 bits per heavy atom. The molecule has 0 aliphatic heterocycles. The van der Waals surface area contributed by atoms with Gasteiger partial charge in [0.25, 0.3) is 5.91 Å². The van der Waals surface area contributed by atoms with Crippen molar-refractivity contribution < 1.29 is 9.90 Å². The number of amides is 1. The first-order valence-corrected chi connectivity index (χ1v) is 9.57. The largest absolute Gasteiger partial charge is 0.391 e. The molecular weight excluding hydrogens is 356 g/mol. The minimum Gasteiger partial charge on any atom is -0.391 e. The highest BCUT2D eigenvalue weighted by Gasteiger charge is 2.34. The number of rotatable bonds is 6. The lowest BCUT2D eigenvalue weighted by Crippen LogP contribution is -2.39. The van der Waals surface area contributed by atoms with Crippen LogP contribution in [0.25, 0.3) is 11.4 Å². The second-order valence-corrected chi connectivity index (χ2v) is 7.22. The van der Waals surface area contributed by atoms with E-state index in [0.29, 0.717) is 17.9 Å². The summed E-state index contributed by atoms with van der Waals surface area (Å²) in [7, 11) is 0. The molecule has 0 spiro atoms. The molecule has 3 atom stereocenters. The second-order valence-electron chi connectivity index (χ2n) is 7.22. The van der Waals surface area contributed by atoms with Crippen molar-refractivity contribution in [3.05, 3.63) is 54.9 Å². The van der Waals surface area contributed by atoms with Crippen molar-refractivity contribution in [2.75, 3.05) is 0 Å². The molecule has 1 unspecified atom stereocenters. The molecule has 4 rings (SSSR count). The van der Waals surface area contributed by atoms with Crippen LogP contribution in [0.5, 0.6) is 0 Å². The third kappa shape index (κ3) is 3.82. The van der Waals surface area contributed by atoms with Crippen molar-refractivity contribution in [2.24, 2.45) is 5.92 Å². The fraction of sp³-hybridized carbons (Fsp3) is 0.400. The van der Waals surface area contributed by atoms with Gasteiger partial charge in [-0.2, -0.15) is 5.10 Å². The molecule has 1 saturated carbocycles. The second kappa shape index (κ2) is 7.93. The van der Waals surface area contributed by atoms with Gasteiger partial charge in [0.15, 0.2) is 5.82 Å². The van der Waals surface area contributed by atoms with Crippen molar-refractivity contribution in [3.63, 3.8) is 0 Å². The fourth-order valence-electron chi connectivity index (χ4n) is 3.86. The topological polar surface area (TPSA) is 97.9 Å². The van der Waals surface area contributed by atoms with Gasteiger partial charge in [0.2, 0.25) is 0 Å². The third-order valence-electron chi connectivity index (χ3n) is 5.29. The first kappa shape index (κ1) is 18.4. The molecule has 3 aromatic rings. The van der Waals surface area contributed by atoms with Gasteiger partial charge in [-0.15, -0.1) is 0 Å². The van der Waals surface area contributed by atoms with Gasteiger partial charge in [-0.1, -0.05) is 12.1 Å². The number of hydrogen-bond acceptors (Lipinski definition) is 5. The van der Waals surface area contributed by atoms with Gasteiger partial charge in [-0.05, 0) is 37.8 Å². The molecule has 2 N–H and O–H groups in total. The van der Waals surface area contributed by atoms with Crippen LogP contribution in [0.3, 0.4) is 0 Å². The van der Waals surface area contributed by atoms with Crippen molar-refractivity contribution in [1.29, 1.82) is 0 Å². The number of aliphatic hydroxyl groups is 1. The van der Waals surface area contributed by atoms with Gasteiger partial charge >= 0.3 is 0 Å². The number of carbonyl (C=O) groups is 1. The molecule has 8 nitrogen and oxygen atoms in total. The molecule has 0 radical (unpaired) electrons. The van der Waals surface area contributed by atoms with Gasteiger partial charge in [0.1, 0.15) is 6.33 Å². The number of carbonyl (C=O) groups excluding carboxylic acids is 1. The number of nitrogens with one attached hydrogen (secondary N) is 1. The smallest absolute Gasteiger partial charge is 0.251 e. The maximum atomic E-state index is 12.6. The molecule has 2 heterocycles. The highest BCUT2D eigenvalue weighted by molar-refractivity contribution is 5.94. The van der Waals surface area contributed by atoms with E-state index in [-0.39, 0.29) is 11.9 Å². The fourth-order valence-corrected chi connectivity index (χ4v) is 3.86. The van der Waals surface area contributed by atoms with Gasteiger partial charge < -0.3 is 15.0 Å². The monoisotopic (exact) mass is 380 g/mol. The summed E-state index contributed by atoms with van der Waals surface area (Å²) in [6.07, 6.45) is 7.87. The molecule has 1 fully saturated rings. The van der Waals surface area contributed by atoms with Crippen LogP contribution in [0.4, 0.5) is 0 Å². The number of benzene rings is 1. The molecule has 0 saturated heterocycles. The average molecular weight is 380 g/mol. The number of aromatic nitrogens is 5. The van der Waals surface area contributed by atoms with Gasteiger partial charge in [0, 0.05) is 36.6 Å². The minimum absolute atomic E-state index is 0.171. The highest BCUT2D eigenvalue weighted by Crippen LogP contribution is 2.28. The van der Waals surface area contributed by atoms with Gasteiger partial charge in [0.05, 0.1) is 18.5 Å². The number of nitrogens with zero attached hydrogens (tertiary/aromatic N) is 5. The van der Waals surface area contributed by atoms with E-state index in [1.807, 2.05) is 34.5 Å². The Morgan fingerprint density at radius 3 is 2.82 bits per heavy atom. The molecule has 2 aromatic heterocycles. The molecule has 28 heavy (non-hydrogen) atoms. The van der Waals surface area contributed by atoms with E-state index in [2.05, 4.69) is 20.4 Å². The molecule has 1 aliphatic carbocycles. The Morgan fingerprint density at radius 2 is 2.11 bits per heavy atom. The summed E-state index contributed by atoms with van der Waals surface area (Å²) in [6.45, 7) is 3.54. The SMILES string of the molecule is CCn1ncnc1-c1ccc(C(=O)N[C@@H]2CC(Cn3ccnc3)C[C@H]2O)cc1. The molecule has 1 aliphatic rings. The summed E-state index contributed by atoms with van der Waals surface area (Å²) in [6, 6.07) is 7.08. The van der Waals surface area contributed by atoms with E-state index in [1.54, 1.807) is 24.7 Å². The molecule has 1 amide bonds. The Labute approximate surface area is 163 Å². The van der Waals surface area contributed by atoms with Crippen LogP contribution in [0.2, 0.25) is 0 Å². The van der Waals surface area contributed by atoms with Crippen LogP contribution >= 0.6 is 0 Å². The maximum Gasteiger partial charge on any atom is 0.251 e. The van der Waals surface area contributed by atoms with Crippen molar-refractivity contribution in [1.82, 2.24) is 29.6 Å². The molecule has 1 aromatic carbocycles. The summed E-state index contributed by atoms with van der Waals surface area (Å²) >= 11 is 0. The van der Waals surface area contributed by atoms with Crippen LogP contribution in [0, 0.1) is 5.92 Å². The zero-order chi connectivity index (χ0) is 19.5. The first-order valence-electron chi connectivity index (χ1n) is 9.57. The van der Waals surface area contributed by atoms with Crippen LogP contribution in [0.15, 0.2) is 49.3 Å². The van der Waals surface area contributed by atoms with E-state index < -0.39 is 6.10 Å². The minimum atomic E-state index is -0.528. The van der Waals surface area contributed by atoms with Crippen LogP contribution in [-0.2, 0) is 13.1 Å². The summed E-state index contributed by atoms with van der Waals surface area (Å²) in [5, 5.41) is 17.5. The molecule has 146 valence electrons. The number of imidazole rings is 1. The van der Waals surface area contributed by atoms with Crippen LogP contribution in [0.1, 0.15) is 30.1 Å². The van der Waals surface area contributed by atoms with Crippen LogP contribution < -0.4 is 5.32 Å². The predicted octanol–water partition coefficient (Wildman–Crippen LogP) is 1.73. The Balaban J connectivity index is 1.38.